The first-order valence-electron chi connectivity index (χ1n) is 4.64. The zero-order valence-corrected chi connectivity index (χ0v) is 9.87. The lowest BCUT2D eigenvalue weighted by Crippen LogP contribution is -2.19. The van der Waals surface area contributed by atoms with Crippen molar-refractivity contribution in [1.82, 2.24) is 0 Å². The van der Waals surface area contributed by atoms with Gasteiger partial charge in [0.05, 0.1) is 6.61 Å². The van der Waals surface area contributed by atoms with Crippen molar-refractivity contribution in [2.45, 2.75) is 25.7 Å². The Labute approximate surface area is 92.3 Å². The van der Waals surface area contributed by atoms with Gasteiger partial charge in [-0.1, -0.05) is 28.1 Å². The summed E-state index contributed by atoms with van der Waals surface area (Å²) in [7, 11) is 0. The average Bonchev–Trinajstić information content (AvgIpc) is 2.47. The summed E-state index contributed by atoms with van der Waals surface area (Å²) < 4.78 is 12.3. The zero-order chi connectivity index (χ0) is 10.2. The van der Waals surface area contributed by atoms with Gasteiger partial charge in [-0.15, -0.1) is 0 Å². The van der Waals surface area contributed by atoms with Gasteiger partial charge < -0.3 is 9.47 Å². The highest BCUT2D eigenvalue weighted by Gasteiger charge is 2.33. The van der Waals surface area contributed by atoms with Crippen molar-refractivity contribution in [1.29, 1.82) is 0 Å². The van der Waals surface area contributed by atoms with Crippen LogP contribution in [0.1, 0.15) is 25.5 Å². The van der Waals surface area contributed by atoms with E-state index in [1.807, 2.05) is 26.0 Å². The summed E-state index contributed by atoms with van der Waals surface area (Å²) in [5, 5.41) is 0. The van der Waals surface area contributed by atoms with Crippen LogP contribution in [0.15, 0.2) is 28.7 Å². The van der Waals surface area contributed by atoms with E-state index in [9.17, 15) is 0 Å². The molecule has 3 heteroatoms. The first-order valence-corrected chi connectivity index (χ1v) is 5.43. The highest BCUT2D eigenvalue weighted by atomic mass is 79.9. The maximum Gasteiger partial charge on any atom is 0.163 e. The Bertz CT molecular complexity index is 319. The van der Waals surface area contributed by atoms with Gasteiger partial charge in [0.15, 0.2) is 5.79 Å². The SMILES string of the molecule is CC1(C)OC[C@@H](c2ccc(Br)cc2)O1. The summed E-state index contributed by atoms with van der Waals surface area (Å²) in [4.78, 5) is 0. The lowest BCUT2D eigenvalue weighted by molar-refractivity contribution is -0.139. The van der Waals surface area contributed by atoms with Crippen molar-refractivity contribution in [3.63, 3.8) is 0 Å². The molecule has 76 valence electrons. The molecule has 0 bridgehead atoms. The molecule has 1 aliphatic heterocycles. The highest BCUT2D eigenvalue weighted by Crippen LogP contribution is 2.32. The molecule has 0 amide bonds. The fraction of sp³-hybridized carbons (Fsp3) is 0.455. The minimum atomic E-state index is -0.447. The van der Waals surface area contributed by atoms with Gasteiger partial charge in [0.25, 0.3) is 0 Å². The predicted molar refractivity (Wildman–Crippen MR) is 58.0 cm³/mol. The molecule has 1 atom stereocenters. The molecule has 2 rings (SSSR count). The zero-order valence-electron chi connectivity index (χ0n) is 8.29. The Morgan fingerprint density at radius 2 is 1.93 bits per heavy atom. The summed E-state index contributed by atoms with van der Waals surface area (Å²) in [6, 6.07) is 8.15. The summed E-state index contributed by atoms with van der Waals surface area (Å²) in [5.74, 6) is -0.447. The van der Waals surface area contributed by atoms with E-state index in [4.69, 9.17) is 9.47 Å². The van der Waals surface area contributed by atoms with Crippen molar-refractivity contribution in [3.8, 4) is 0 Å². The first kappa shape index (κ1) is 10.1. The van der Waals surface area contributed by atoms with E-state index in [1.165, 1.54) is 5.56 Å². The monoisotopic (exact) mass is 256 g/mol. The van der Waals surface area contributed by atoms with E-state index in [0.717, 1.165) is 4.47 Å². The quantitative estimate of drug-likeness (QED) is 0.768. The molecule has 0 aliphatic carbocycles. The molecule has 0 N–H and O–H groups in total. The van der Waals surface area contributed by atoms with Crippen LogP contribution in [-0.2, 0) is 9.47 Å². The summed E-state index contributed by atoms with van der Waals surface area (Å²) in [5.41, 5.74) is 1.17. The van der Waals surface area contributed by atoms with Gasteiger partial charge >= 0.3 is 0 Å². The lowest BCUT2D eigenvalue weighted by Gasteiger charge is -2.17. The van der Waals surface area contributed by atoms with E-state index in [1.54, 1.807) is 0 Å². The Balaban J connectivity index is 2.14. The normalized spacial score (nSPS) is 25.2. The van der Waals surface area contributed by atoms with Crippen LogP contribution in [0.25, 0.3) is 0 Å². The third kappa shape index (κ3) is 2.16. The van der Waals surface area contributed by atoms with Gasteiger partial charge in [-0.3, -0.25) is 0 Å². The third-order valence-corrected chi connectivity index (χ3v) is 2.78. The molecule has 0 spiro atoms. The van der Waals surface area contributed by atoms with Crippen LogP contribution in [0.4, 0.5) is 0 Å². The van der Waals surface area contributed by atoms with E-state index < -0.39 is 5.79 Å². The predicted octanol–water partition coefficient (Wildman–Crippen LogP) is 3.27. The number of benzene rings is 1. The molecule has 2 nitrogen and oxygen atoms in total. The molecule has 1 aromatic carbocycles. The Hall–Kier alpha value is -0.380. The molecule has 1 fully saturated rings. The van der Waals surface area contributed by atoms with Gasteiger partial charge in [0.1, 0.15) is 6.10 Å². The van der Waals surface area contributed by atoms with Crippen molar-refractivity contribution in [2.24, 2.45) is 0 Å². The molecule has 1 aromatic rings. The van der Waals surface area contributed by atoms with Crippen LogP contribution in [0.5, 0.6) is 0 Å². The minimum Gasteiger partial charge on any atom is -0.347 e. The largest absolute Gasteiger partial charge is 0.347 e. The van der Waals surface area contributed by atoms with Crippen molar-refractivity contribution >= 4 is 15.9 Å². The molecular formula is C11H13BrO2. The molecule has 1 aliphatic rings. The molecule has 0 radical (unpaired) electrons. The maximum atomic E-state index is 5.74. The van der Waals surface area contributed by atoms with E-state index in [2.05, 4.69) is 28.1 Å². The van der Waals surface area contributed by atoms with Gasteiger partial charge in [0.2, 0.25) is 0 Å². The smallest absolute Gasteiger partial charge is 0.163 e. The van der Waals surface area contributed by atoms with Crippen LogP contribution in [0, 0.1) is 0 Å². The van der Waals surface area contributed by atoms with Crippen molar-refractivity contribution in [2.75, 3.05) is 6.61 Å². The minimum absolute atomic E-state index is 0.0677. The Morgan fingerprint density at radius 1 is 1.29 bits per heavy atom. The van der Waals surface area contributed by atoms with Crippen LogP contribution >= 0.6 is 15.9 Å². The van der Waals surface area contributed by atoms with E-state index in [-0.39, 0.29) is 6.10 Å². The average molecular weight is 257 g/mol. The van der Waals surface area contributed by atoms with Crippen LogP contribution < -0.4 is 0 Å². The summed E-state index contributed by atoms with van der Waals surface area (Å²) >= 11 is 3.40. The molecule has 0 aromatic heterocycles. The van der Waals surface area contributed by atoms with Gasteiger partial charge in [-0.05, 0) is 31.5 Å². The molecular weight excluding hydrogens is 244 g/mol. The topological polar surface area (TPSA) is 18.5 Å². The Kier molecular flexibility index (Phi) is 2.64. The van der Waals surface area contributed by atoms with Gasteiger partial charge in [0, 0.05) is 4.47 Å². The van der Waals surface area contributed by atoms with E-state index in [0.29, 0.717) is 6.61 Å². The molecule has 0 saturated carbocycles. The van der Waals surface area contributed by atoms with Crippen LogP contribution in [0.2, 0.25) is 0 Å². The maximum absolute atomic E-state index is 5.74. The second-order valence-corrected chi connectivity index (χ2v) is 4.78. The number of ether oxygens (including phenoxy) is 2. The van der Waals surface area contributed by atoms with Crippen LogP contribution in [-0.4, -0.2) is 12.4 Å². The fourth-order valence-corrected chi connectivity index (χ4v) is 1.79. The third-order valence-electron chi connectivity index (χ3n) is 2.25. The highest BCUT2D eigenvalue weighted by molar-refractivity contribution is 9.10. The number of halogens is 1. The lowest BCUT2D eigenvalue weighted by atomic mass is 10.1. The molecule has 1 heterocycles. The van der Waals surface area contributed by atoms with Crippen molar-refractivity contribution < 1.29 is 9.47 Å². The molecule has 1 saturated heterocycles. The number of rotatable bonds is 1. The van der Waals surface area contributed by atoms with Crippen LogP contribution in [0.3, 0.4) is 0 Å². The summed E-state index contributed by atoms with van der Waals surface area (Å²) in [6.07, 6.45) is 0.0677. The first-order chi connectivity index (χ1) is 6.57. The standard InChI is InChI=1S/C11H13BrO2/c1-11(2)13-7-10(14-11)8-3-5-9(12)6-4-8/h3-6,10H,7H2,1-2H3/t10-/m0/s1. The second-order valence-electron chi connectivity index (χ2n) is 3.87. The fourth-order valence-electron chi connectivity index (χ4n) is 1.53. The van der Waals surface area contributed by atoms with E-state index >= 15 is 0 Å². The second kappa shape index (κ2) is 3.65. The van der Waals surface area contributed by atoms with Gasteiger partial charge in [-0.2, -0.15) is 0 Å². The number of hydrogen-bond acceptors (Lipinski definition) is 2. The number of hydrogen-bond donors (Lipinski definition) is 0. The van der Waals surface area contributed by atoms with Gasteiger partial charge in [-0.25, -0.2) is 0 Å². The van der Waals surface area contributed by atoms with Crippen molar-refractivity contribution in [3.05, 3.63) is 34.3 Å². The summed E-state index contributed by atoms with van der Waals surface area (Å²) in [6.45, 7) is 4.51. The Morgan fingerprint density at radius 3 is 2.43 bits per heavy atom. The molecule has 14 heavy (non-hydrogen) atoms. The molecule has 0 unspecified atom stereocenters.